The van der Waals surface area contributed by atoms with Crippen LogP contribution in [0.25, 0.3) is 0 Å². The van der Waals surface area contributed by atoms with Gasteiger partial charge < -0.3 is 20.6 Å². The number of allylic oxidation sites excluding steroid dienone is 1. The lowest BCUT2D eigenvalue weighted by Crippen LogP contribution is -2.37. The zero-order valence-corrected chi connectivity index (χ0v) is 16.6. The first-order valence-corrected chi connectivity index (χ1v) is 11.2. The van der Waals surface area contributed by atoms with Gasteiger partial charge in [0.2, 0.25) is 0 Å². The van der Waals surface area contributed by atoms with Crippen molar-refractivity contribution < 1.29 is 24.0 Å². The molecule has 0 radical (unpaired) electrons. The quantitative estimate of drug-likeness (QED) is 0.172. The predicted octanol–water partition coefficient (Wildman–Crippen LogP) is 4.04. The fraction of sp³-hybridized carbons (Fsp3) is 0.889. The molecule has 0 aliphatic carbocycles. The van der Waals surface area contributed by atoms with Gasteiger partial charge in [0.05, 0.1) is 18.8 Å². The molecule has 0 saturated heterocycles. The maximum absolute atomic E-state index is 10.6. The van der Waals surface area contributed by atoms with Gasteiger partial charge in [-0.15, -0.1) is 0 Å². The van der Waals surface area contributed by atoms with E-state index in [1.807, 2.05) is 6.08 Å². The van der Waals surface area contributed by atoms with Gasteiger partial charge in [0.15, 0.2) is 0 Å². The molecule has 0 aromatic heterocycles. The molecular weight excluding hydrogens is 341 g/mol. The molecule has 0 saturated carbocycles. The molecule has 150 valence electrons. The number of unbranched alkanes of at least 4 members (excludes halogenated alkanes) is 11. The molecule has 5 N–H and O–H groups in total. The monoisotopic (exact) mass is 379 g/mol. The Kier molecular flexibility index (Phi) is 15.8. The number of hydrogen-bond acceptors (Lipinski definition) is 4. The number of aliphatic hydroxyl groups excluding tert-OH is 1. The molecular formula is C18H38NO5P. The number of phosphoric acid groups is 1. The van der Waals surface area contributed by atoms with Crippen LogP contribution in [0.15, 0.2) is 12.2 Å². The second-order valence-electron chi connectivity index (χ2n) is 6.69. The van der Waals surface area contributed by atoms with Crippen LogP contribution in [0.1, 0.15) is 84.0 Å². The Labute approximate surface area is 153 Å². The summed E-state index contributed by atoms with van der Waals surface area (Å²) in [4.78, 5) is 17.2. The summed E-state index contributed by atoms with van der Waals surface area (Å²) in [7, 11) is -4.53. The Hall–Kier alpha value is -0.230. The smallest absolute Gasteiger partial charge is 0.387 e. The number of hydrogen-bond donors (Lipinski definition) is 4. The van der Waals surface area contributed by atoms with Crippen molar-refractivity contribution in [3.05, 3.63) is 12.2 Å². The summed E-state index contributed by atoms with van der Waals surface area (Å²) in [5, 5.41) is 9.75. The van der Waals surface area contributed by atoms with Crippen molar-refractivity contribution in [2.45, 2.75) is 96.1 Å². The Morgan fingerprint density at radius 1 is 0.960 bits per heavy atom. The van der Waals surface area contributed by atoms with E-state index in [1.165, 1.54) is 64.2 Å². The van der Waals surface area contributed by atoms with E-state index in [4.69, 9.17) is 15.5 Å². The van der Waals surface area contributed by atoms with Gasteiger partial charge in [-0.2, -0.15) is 0 Å². The van der Waals surface area contributed by atoms with E-state index in [1.54, 1.807) is 6.08 Å². The van der Waals surface area contributed by atoms with Crippen molar-refractivity contribution in [1.29, 1.82) is 0 Å². The molecule has 0 aliphatic heterocycles. The zero-order chi connectivity index (χ0) is 19.0. The zero-order valence-electron chi connectivity index (χ0n) is 15.7. The van der Waals surface area contributed by atoms with Gasteiger partial charge in [0.25, 0.3) is 0 Å². The summed E-state index contributed by atoms with van der Waals surface area (Å²) in [6.07, 6.45) is 17.6. The molecule has 0 aromatic carbocycles. The van der Waals surface area contributed by atoms with Crippen molar-refractivity contribution in [2.24, 2.45) is 5.73 Å². The molecule has 25 heavy (non-hydrogen) atoms. The lowest BCUT2D eigenvalue weighted by Gasteiger charge is -2.15. The molecule has 0 rings (SSSR count). The van der Waals surface area contributed by atoms with Crippen LogP contribution < -0.4 is 5.73 Å². The van der Waals surface area contributed by atoms with E-state index in [0.717, 1.165) is 12.8 Å². The van der Waals surface area contributed by atoms with E-state index in [-0.39, 0.29) is 6.61 Å². The summed E-state index contributed by atoms with van der Waals surface area (Å²) < 4.78 is 14.8. The van der Waals surface area contributed by atoms with Crippen LogP contribution in [0, 0.1) is 0 Å². The minimum atomic E-state index is -4.53. The largest absolute Gasteiger partial charge is 0.469 e. The van der Waals surface area contributed by atoms with Crippen molar-refractivity contribution >= 4 is 7.82 Å². The van der Waals surface area contributed by atoms with Crippen molar-refractivity contribution in [3.8, 4) is 0 Å². The Balaban J connectivity index is 3.46. The van der Waals surface area contributed by atoms with E-state index in [2.05, 4.69) is 11.4 Å². The maximum atomic E-state index is 10.6. The molecule has 0 aliphatic rings. The first-order valence-electron chi connectivity index (χ1n) is 9.67. The van der Waals surface area contributed by atoms with Gasteiger partial charge >= 0.3 is 7.82 Å². The fourth-order valence-corrected chi connectivity index (χ4v) is 2.95. The minimum Gasteiger partial charge on any atom is -0.387 e. The second-order valence-corrected chi connectivity index (χ2v) is 7.93. The van der Waals surface area contributed by atoms with Gasteiger partial charge in [-0.05, 0) is 12.8 Å². The van der Waals surface area contributed by atoms with E-state index >= 15 is 0 Å². The van der Waals surface area contributed by atoms with Gasteiger partial charge in [0.1, 0.15) is 0 Å². The van der Waals surface area contributed by atoms with Gasteiger partial charge in [0, 0.05) is 0 Å². The number of aliphatic hydroxyl groups is 1. The molecule has 6 nitrogen and oxygen atoms in total. The highest BCUT2D eigenvalue weighted by Crippen LogP contribution is 2.35. The fourth-order valence-electron chi connectivity index (χ4n) is 2.59. The summed E-state index contributed by atoms with van der Waals surface area (Å²) in [5.74, 6) is 0. The molecule has 0 amide bonds. The number of nitrogens with two attached hydrogens (primary N) is 1. The number of phosphoric ester groups is 1. The lowest BCUT2D eigenvalue weighted by atomic mass is 10.0. The first kappa shape index (κ1) is 24.8. The first-order chi connectivity index (χ1) is 11.9. The molecule has 0 bridgehead atoms. The summed E-state index contributed by atoms with van der Waals surface area (Å²) in [6, 6.07) is -0.846. The highest BCUT2D eigenvalue weighted by Gasteiger charge is 2.19. The van der Waals surface area contributed by atoms with Crippen LogP contribution in [-0.2, 0) is 9.09 Å². The Bertz CT molecular complexity index is 372. The average Bonchev–Trinajstić information content (AvgIpc) is 2.56. The van der Waals surface area contributed by atoms with Crippen molar-refractivity contribution in [1.82, 2.24) is 0 Å². The molecule has 0 aromatic rings. The van der Waals surface area contributed by atoms with Crippen LogP contribution in [0.2, 0.25) is 0 Å². The Morgan fingerprint density at radius 3 is 1.92 bits per heavy atom. The highest BCUT2D eigenvalue weighted by atomic mass is 31.2. The molecule has 2 atom stereocenters. The van der Waals surface area contributed by atoms with Gasteiger partial charge in [-0.25, -0.2) is 4.57 Å². The average molecular weight is 379 g/mol. The molecule has 0 spiro atoms. The molecule has 7 heteroatoms. The van der Waals surface area contributed by atoms with Crippen LogP contribution in [0.3, 0.4) is 0 Å². The second kappa shape index (κ2) is 16.0. The van der Waals surface area contributed by atoms with Crippen LogP contribution in [-0.4, -0.2) is 33.6 Å². The highest BCUT2D eigenvalue weighted by molar-refractivity contribution is 7.46. The molecule has 0 unspecified atom stereocenters. The Morgan fingerprint density at radius 2 is 1.44 bits per heavy atom. The molecule has 0 heterocycles. The molecule has 0 fully saturated rings. The third-order valence-electron chi connectivity index (χ3n) is 4.18. The lowest BCUT2D eigenvalue weighted by molar-refractivity contribution is 0.129. The summed E-state index contributed by atoms with van der Waals surface area (Å²) >= 11 is 0. The third kappa shape index (κ3) is 18.4. The normalized spacial score (nSPS) is 14.9. The third-order valence-corrected chi connectivity index (χ3v) is 4.67. The number of rotatable bonds is 17. The SMILES string of the molecule is CCCCCCCCCCCCC/C=C/[C@H](O)[C@H](N)COP(=O)(O)O. The summed E-state index contributed by atoms with van der Waals surface area (Å²) in [5.41, 5.74) is 5.60. The van der Waals surface area contributed by atoms with Crippen LogP contribution in [0.4, 0.5) is 0 Å². The van der Waals surface area contributed by atoms with E-state index in [0.29, 0.717) is 0 Å². The predicted molar refractivity (Wildman–Crippen MR) is 102 cm³/mol. The van der Waals surface area contributed by atoms with Crippen LogP contribution >= 0.6 is 7.82 Å². The van der Waals surface area contributed by atoms with E-state index < -0.39 is 20.0 Å². The van der Waals surface area contributed by atoms with Crippen molar-refractivity contribution in [2.75, 3.05) is 6.61 Å². The minimum absolute atomic E-state index is 0.381. The standard InChI is InChI=1S/C18H38NO5P/c1-2-3-4-5-6-7-8-9-10-11-12-13-14-15-18(20)17(19)16-24-25(21,22)23/h14-15,17-18,20H,2-13,16,19H2,1H3,(H2,21,22,23)/b15-14+/t17-,18+/m1/s1. The summed E-state index contributed by atoms with van der Waals surface area (Å²) in [6.45, 7) is 1.86. The topological polar surface area (TPSA) is 113 Å². The van der Waals surface area contributed by atoms with Gasteiger partial charge in [-0.3, -0.25) is 4.52 Å². The van der Waals surface area contributed by atoms with Crippen molar-refractivity contribution in [3.63, 3.8) is 0 Å². The van der Waals surface area contributed by atoms with E-state index in [9.17, 15) is 9.67 Å². The van der Waals surface area contributed by atoms with Crippen LogP contribution in [0.5, 0.6) is 0 Å². The maximum Gasteiger partial charge on any atom is 0.469 e. The van der Waals surface area contributed by atoms with Gasteiger partial charge in [-0.1, -0.05) is 83.3 Å².